The molecule has 1 aromatic heterocycles. The van der Waals surface area contributed by atoms with Crippen LogP contribution in [0.3, 0.4) is 0 Å². The van der Waals surface area contributed by atoms with Crippen LogP contribution in [-0.4, -0.2) is 33.4 Å². The van der Waals surface area contributed by atoms with Gasteiger partial charge >= 0.3 is 0 Å². The molecule has 0 bridgehead atoms. The fourth-order valence-corrected chi connectivity index (χ4v) is 5.05. The molecule has 154 valence electrons. The van der Waals surface area contributed by atoms with Gasteiger partial charge in [-0.15, -0.1) is 5.10 Å². The van der Waals surface area contributed by atoms with Gasteiger partial charge in [0.2, 0.25) is 11.1 Å². The Balaban J connectivity index is 1.83. The molecular formula is C22H28N4O2S. The van der Waals surface area contributed by atoms with Crippen molar-refractivity contribution in [2.75, 3.05) is 18.2 Å². The van der Waals surface area contributed by atoms with Gasteiger partial charge in [-0.2, -0.15) is 4.98 Å². The van der Waals surface area contributed by atoms with E-state index in [1.807, 2.05) is 28.9 Å². The van der Waals surface area contributed by atoms with E-state index in [1.54, 1.807) is 18.9 Å². The minimum absolute atomic E-state index is 0.0743. The first-order chi connectivity index (χ1) is 13.9. The molecule has 1 aliphatic heterocycles. The van der Waals surface area contributed by atoms with E-state index >= 15 is 0 Å². The van der Waals surface area contributed by atoms with Crippen molar-refractivity contribution in [1.82, 2.24) is 14.8 Å². The van der Waals surface area contributed by atoms with Crippen LogP contribution in [0.2, 0.25) is 0 Å². The average Bonchev–Trinajstić information content (AvgIpc) is 3.08. The first-order valence-electron chi connectivity index (χ1n) is 10.2. The van der Waals surface area contributed by atoms with Crippen LogP contribution < -0.4 is 10.1 Å². The number of anilines is 1. The van der Waals surface area contributed by atoms with Gasteiger partial charge in [0.1, 0.15) is 11.8 Å². The summed E-state index contributed by atoms with van der Waals surface area (Å²) >= 11 is 1.66. The Labute approximate surface area is 176 Å². The van der Waals surface area contributed by atoms with Gasteiger partial charge < -0.3 is 10.1 Å². The van der Waals surface area contributed by atoms with Crippen molar-refractivity contribution in [2.24, 2.45) is 5.41 Å². The number of unbranched alkanes of at least 4 members (excludes halogenated alkanes) is 1. The maximum atomic E-state index is 13.2. The largest absolute Gasteiger partial charge is 0.496 e. The summed E-state index contributed by atoms with van der Waals surface area (Å²) in [6.45, 7) is 6.45. The highest BCUT2D eigenvalue weighted by molar-refractivity contribution is 7.99. The van der Waals surface area contributed by atoms with Gasteiger partial charge in [-0.3, -0.25) is 4.79 Å². The number of carbonyl (C=O) groups is 1. The van der Waals surface area contributed by atoms with Crippen molar-refractivity contribution in [3.63, 3.8) is 0 Å². The number of ether oxygens (including phenoxy) is 1. The minimum atomic E-state index is -0.325. The molecule has 2 heterocycles. The smallest absolute Gasteiger partial charge is 0.227 e. The fraction of sp³-hybridized carbons (Fsp3) is 0.500. The second-order valence-electron chi connectivity index (χ2n) is 8.47. The van der Waals surface area contributed by atoms with Gasteiger partial charge in [-0.25, -0.2) is 4.68 Å². The average molecular weight is 413 g/mol. The van der Waals surface area contributed by atoms with Crippen LogP contribution in [0.5, 0.6) is 5.75 Å². The van der Waals surface area contributed by atoms with E-state index in [2.05, 4.69) is 26.1 Å². The van der Waals surface area contributed by atoms with E-state index < -0.39 is 0 Å². The number of methoxy groups -OCH3 is 1. The predicted octanol–water partition coefficient (Wildman–Crippen LogP) is 4.84. The van der Waals surface area contributed by atoms with Crippen molar-refractivity contribution >= 4 is 23.5 Å². The molecular weight excluding hydrogens is 384 g/mol. The van der Waals surface area contributed by atoms with Gasteiger partial charge in [0.15, 0.2) is 5.78 Å². The van der Waals surface area contributed by atoms with Crippen LogP contribution in [0.15, 0.2) is 40.7 Å². The molecule has 0 spiro atoms. The number of fused-ring (bicyclic) bond motifs is 1. The Morgan fingerprint density at radius 3 is 2.86 bits per heavy atom. The van der Waals surface area contributed by atoms with Gasteiger partial charge in [0, 0.05) is 29.0 Å². The molecule has 1 aliphatic carbocycles. The Morgan fingerprint density at radius 1 is 1.31 bits per heavy atom. The van der Waals surface area contributed by atoms with E-state index in [9.17, 15) is 4.79 Å². The second-order valence-corrected chi connectivity index (χ2v) is 9.53. The van der Waals surface area contributed by atoms with Crippen LogP contribution in [-0.2, 0) is 4.79 Å². The first-order valence-corrected chi connectivity index (χ1v) is 11.2. The van der Waals surface area contributed by atoms with Crippen molar-refractivity contribution < 1.29 is 9.53 Å². The molecule has 0 saturated carbocycles. The van der Waals surface area contributed by atoms with Crippen molar-refractivity contribution in [3.05, 3.63) is 41.1 Å². The van der Waals surface area contributed by atoms with E-state index in [0.717, 1.165) is 52.8 Å². The quantitative estimate of drug-likeness (QED) is 0.541. The Hall–Kier alpha value is -2.28. The Morgan fingerprint density at radius 2 is 2.10 bits per heavy atom. The lowest BCUT2D eigenvalue weighted by atomic mass is 9.73. The highest BCUT2D eigenvalue weighted by atomic mass is 32.2. The zero-order valence-corrected chi connectivity index (χ0v) is 18.3. The Kier molecular flexibility index (Phi) is 5.42. The topological polar surface area (TPSA) is 69.0 Å². The molecule has 0 saturated heterocycles. The number of aromatic nitrogens is 3. The number of hydrogen-bond acceptors (Lipinski definition) is 6. The number of allylic oxidation sites excluding steroid dienone is 2. The highest BCUT2D eigenvalue weighted by Gasteiger charge is 2.42. The molecule has 0 unspecified atom stereocenters. The number of nitrogens with one attached hydrogen (secondary N) is 1. The van der Waals surface area contributed by atoms with Gasteiger partial charge in [0.25, 0.3) is 0 Å². The van der Waals surface area contributed by atoms with E-state index in [-0.39, 0.29) is 17.2 Å². The predicted molar refractivity (Wildman–Crippen MR) is 115 cm³/mol. The summed E-state index contributed by atoms with van der Waals surface area (Å²) in [5.41, 5.74) is 2.62. The third-order valence-corrected chi connectivity index (χ3v) is 6.40. The Bertz CT molecular complexity index is 963. The molecule has 29 heavy (non-hydrogen) atoms. The molecule has 0 radical (unpaired) electrons. The standard InChI is InChI=1S/C22H28N4O2S/c1-5-6-11-29-21-24-20-23-15-12-22(2,3)13-16(27)18(15)19(26(20)25-21)14-9-7-8-10-17(14)28-4/h7-10,19H,5-6,11-13H2,1-4H3,(H,23,24,25)/t19-/m1/s1. The van der Waals surface area contributed by atoms with Crippen molar-refractivity contribution in [2.45, 2.75) is 57.7 Å². The van der Waals surface area contributed by atoms with Crippen LogP contribution in [0.1, 0.15) is 58.1 Å². The van der Waals surface area contributed by atoms with E-state index in [1.165, 1.54) is 0 Å². The molecule has 1 atom stereocenters. The van der Waals surface area contributed by atoms with Crippen LogP contribution >= 0.6 is 11.8 Å². The van der Waals surface area contributed by atoms with Gasteiger partial charge in [-0.1, -0.05) is 57.2 Å². The van der Waals surface area contributed by atoms with Crippen molar-refractivity contribution in [3.8, 4) is 5.75 Å². The molecule has 6 nitrogen and oxygen atoms in total. The monoisotopic (exact) mass is 412 g/mol. The lowest BCUT2D eigenvalue weighted by molar-refractivity contribution is -0.118. The summed E-state index contributed by atoms with van der Waals surface area (Å²) in [4.78, 5) is 18.0. The number of benzene rings is 1. The SMILES string of the molecule is CCCCSc1nc2n(n1)[C@H](c1ccccc1OC)C1=C(CC(C)(C)CC1=O)N2. The first kappa shape index (κ1) is 20.0. The maximum Gasteiger partial charge on any atom is 0.227 e. The van der Waals surface area contributed by atoms with Gasteiger partial charge in [-0.05, 0) is 24.3 Å². The van der Waals surface area contributed by atoms with Crippen LogP contribution in [0.25, 0.3) is 0 Å². The summed E-state index contributed by atoms with van der Waals surface area (Å²) in [5.74, 6) is 2.61. The molecule has 2 aliphatic rings. The number of ketones is 1. The number of carbonyl (C=O) groups excluding carboxylic acids is 1. The molecule has 0 fully saturated rings. The summed E-state index contributed by atoms with van der Waals surface area (Å²) in [7, 11) is 1.66. The van der Waals surface area contributed by atoms with E-state index in [4.69, 9.17) is 14.8 Å². The number of rotatable bonds is 6. The normalized spacial score (nSPS) is 20.1. The summed E-state index contributed by atoms with van der Waals surface area (Å²) in [5, 5.41) is 8.95. The number of nitrogens with zero attached hydrogens (tertiary/aromatic N) is 3. The molecule has 1 N–H and O–H groups in total. The third-order valence-electron chi connectivity index (χ3n) is 5.48. The third kappa shape index (κ3) is 3.80. The number of para-hydroxylation sites is 1. The highest BCUT2D eigenvalue weighted by Crippen LogP contribution is 2.47. The zero-order chi connectivity index (χ0) is 20.6. The summed E-state index contributed by atoms with van der Waals surface area (Å²) in [6, 6.07) is 7.54. The molecule has 4 rings (SSSR count). The van der Waals surface area contributed by atoms with Crippen LogP contribution in [0, 0.1) is 5.41 Å². The van der Waals surface area contributed by atoms with Crippen LogP contribution in [0.4, 0.5) is 5.95 Å². The number of thioether (sulfide) groups is 1. The maximum absolute atomic E-state index is 13.2. The fourth-order valence-electron chi connectivity index (χ4n) is 4.14. The summed E-state index contributed by atoms with van der Waals surface area (Å²) < 4.78 is 7.50. The zero-order valence-electron chi connectivity index (χ0n) is 17.5. The second kappa shape index (κ2) is 7.86. The molecule has 1 aromatic carbocycles. The number of hydrogen-bond donors (Lipinski definition) is 1. The van der Waals surface area contributed by atoms with Gasteiger partial charge in [0.05, 0.1) is 7.11 Å². The lowest BCUT2D eigenvalue weighted by Gasteiger charge is -2.38. The molecule has 2 aromatic rings. The van der Waals surface area contributed by atoms with E-state index in [0.29, 0.717) is 12.4 Å². The lowest BCUT2D eigenvalue weighted by Crippen LogP contribution is -2.36. The van der Waals surface area contributed by atoms with Crippen molar-refractivity contribution in [1.29, 1.82) is 0 Å². The molecule has 0 amide bonds. The summed E-state index contributed by atoms with van der Waals surface area (Å²) in [6.07, 6.45) is 3.60. The molecule has 7 heteroatoms. The number of Topliss-reactive ketones (excluding diaryl/α,β-unsaturated/α-hetero) is 1. The minimum Gasteiger partial charge on any atom is -0.496 e.